The minimum atomic E-state index is -0.810. The van der Waals surface area contributed by atoms with E-state index in [1.54, 1.807) is 0 Å². The van der Waals surface area contributed by atoms with Crippen LogP contribution in [0.5, 0.6) is 0 Å². The van der Waals surface area contributed by atoms with Gasteiger partial charge in [0.05, 0.1) is 20.1 Å². The Morgan fingerprint density at radius 3 is 1.56 bits per heavy atom. The Bertz CT molecular complexity index is 917. The number of amides is 1. The highest BCUT2D eigenvalue weighted by molar-refractivity contribution is 5.91. The molecule has 1 amide bonds. The van der Waals surface area contributed by atoms with Crippen molar-refractivity contribution in [1.29, 1.82) is 0 Å². The van der Waals surface area contributed by atoms with Crippen LogP contribution in [0.3, 0.4) is 0 Å². The highest BCUT2D eigenvalue weighted by Gasteiger charge is 2.53. The number of hydrogen-bond acceptors (Lipinski definition) is 1. The molecule has 36 heavy (non-hydrogen) atoms. The normalized spacial score (nSPS) is 18.0. The number of carbonyl (C=O) groups excluding carboxylic acids is 1. The van der Waals surface area contributed by atoms with Gasteiger partial charge in [0, 0.05) is 17.9 Å². The summed E-state index contributed by atoms with van der Waals surface area (Å²) in [6, 6.07) is 30.8. The molecule has 1 aliphatic rings. The maximum absolute atomic E-state index is 13.2. The SMILES string of the molecule is CC.CC.CC.C[N+]1(Cc2ccccc2)CCC(C(C(N)=O)(c2ccccc2)c2ccccc2)C1.[CH3-]. The Labute approximate surface area is 222 Å². The van der Waals surface area contributed by atoms with Gasteiger partial charge in [0.1, 0.15) is 12.0 Å². The van der Waals surface area contributed by atoms with E-state index in [0.29, 0.717) is 0 Å². The van der Waals surface area contributed by atoms with E-state index in [-0.39, 0.29) is 19.3 Å². The zero-order chi connectivity index (χ0) is 26.3. The highest BCUT2D eigenvalue weighted by atomic mass is 16.1. The van der Waals surface area contributed by atoms with E-state index in [1.165, 1.54) is 5.56 Å². The van der Waals surface area contributed by atoms with Crippen molar-refractivity contribution >= 4 is 5.91 Å². The topological polar surface area (TPSA) is 43.1 Å². The number of carbonyl (C=O) groups is 1. The van der Waals surface area contributed by atoms with Crippen LogP contribution < -0.4 is 5.73 Å². The number of primary amides is 1. The molecule has 198 valence electrons. The Kier molecular flexibility index (Phi) is 15.4. The largest absolute Gasteiger partial charge is 0.369 e. The minimum absolute atomic E-state index is 0. The molecule has 0 spiro atoms. The third-order valence-corrected chi connectivity index (χ3v) is 6.54. The molecule has 3 nitrogen and oxygen atoms in total. The van der Waals surface area contributed by atoms with E-state index in [9.17, 15) is 4.79 Å². The van der Waals surface area contributed by atoms with Gasteiger partial charge in [-0.05, 0) is 11.1 Å². The third-order valence-electron chi connectivity index (χ3n) is 6.54. The number of nitrogens with two attached hydrogens (primary N) is 1. The van der Waals surface area contributed by atoms with Crippen LogP contribution in [0.25, 0.3) is 0 Å². The van der Waals surface area contributed by atoms with Gasteiger partial charge in [-0.1, -0.05) is 133 Å². The van der Waals surface area contributed by atoms with Crippen LogP contribution in [0.15, 0.2) is 91.0 Å². The lowest BCUT2D eigenvalue weighted by Gasteiger charge is -2.38. The quantitative estimate of drug-likeness (QED) is 0.280. The molecule has 0 aromatic heterocycles. The van der Waals surface area contributed by atoms with Crippen LogP contribution >= 0.6 is 0 Å². The number of hydrogen-bond donors (Lipinski definition) is 1. The Morgan fingerprint density at radius 2 is 1.17 bits per heavy atom. The Balaban J connectivity index is 0.00000163. The van der Waals surface area contributed by atoms with Gasteiger partial charge in [0.2, 0.25) is 5.91 Å². The van der Waals surface area contributed by atoms with E-state index >= 15 is 0 Å². The molecule has 1 heterocycles. The monoisotopic (exact) mass is 490 g/mol. The highest BCUT2D eigenvalue weighted by Crippen LogP contribution is 2.45. The first-order valence-electron chi connectivity index (χ1n) is 13.3. The van der Waals surface area contributed by atoms with Crippen LogP contribution in [0.2, 0.25) is 0 Å². The van der Waals surface area contributed by atoms with E-state index < -0.39 is 5.41 Å². The summed E-state index contributed by atoms with van der Waals surface area (Å²) >= 11 is 0. The first kappa shape index (κ1) is 33.1. The number of rotatable bonds is 6. The lowest BCUT2D eigenvalue weighted by molar-refractivity contribution is -0.912. The molecule has 0 saturated carbocycles. The second kappa shape index (κ2) is 16.7. The molecule has 3 heteroatoms. The summed E-state index contributed by atoms with van der Waals surface area (Å²) < 4.78 is 0.920. The van der Waals surface area contributed by atoms with E-state index in [1.807, 2.05) is 77.9 Å². The summed E-state index contributed by atoms with van der Waals surface area (Å²) in [4.78, 5) is 13.2. The molecular weight excluding hydrogens is 440 g/mol. The maximum atomic E-state index is 13.2. The van der Waals surface area contributed by atoms with E-state index in [4.69, 9.17) is 5.73 Å². The summed E-state index contributed by atoms with van der Waals surface area (Å²) in [5, 5.41) is 0. The van der Waals surface area contributed by atoms with Crippen molar-refractivity contribution in [3.05, 3.63) is 115 Å². The summed E-state index contributed by atoms with van der Waals surface area (Å²) in [5.74, 6) is -0.105. The van der Waals surface area contributed by atoms with Crippen molar-refractivity contribution in [3.8, 4) is 0 Å². The molecule has 2 unspecified atom stereocenters. The molecule has 1 saturated heterocycles. The zero-order valence-corrected chi connectivity index (χ0v) is 24.0. The molecule has 4 rings (SSSR count). The van der Waals surface area contributed by atoms with Gasteiger partial charge in [0.25, 0.3) is 0 Å². The van der Waals surface area contributed by atoms with Crippen LogP contribution in [0.1, 0.15) is 64.7 Å². The average Bonchev–Trinajstić information content (AvgIpc) is 3.31. The summed E-state index contributed by atoms with van der Waals surface area (Å²) in [7, 11) is 2.30. The molecule has 2 N–H and O–H groups in total. The molecule has 0 bridgehead atoms. The molecule has 3 aromatic rings. The first-order chi connectivity index (χ1) is 17.0. The average molecular weight is 491 g/mol. The molecular formula is C33H50N2O. The van der Waals surface area contributed by atoms with Crippen LogP contribution in [-0.4, -0.2) is 30.5 Å². The molecule has 0 radical (unpaired) electrons. The zero-order valence-electron chi connectivity index (χ0n) is 24.0. The van der Waals surface area contributed by atoms with Crippen molar-refractivity contribution < 1.29 is 9.28 Å². The van der Waals surface area contributed by atoms with Crippen molar-refractivity contribution in [2.45, 2.75) is 59.9 Å². The fraction of sp³-hybridized carbons (Fsp3) is 0.394. The van der Waals surface area contributed by atoms with Crippen LogP contribution in [0, 0.1) is 13.3 Å². The van der Waals surface area contributed by atoms with Crippen LogP contribution in [0.4, 0.5) is 0 Å². The Hall–Kier alpha value is -2.91. The van der Waals surface area contributed by atoms with Gasteiger partial charge in [-0.15, -0.1) is 0 Å². The lowest BCUT2D eigenvalue weighted by atomic mass is 9.64. The van der Waals surface area contributed by atoms with Gasteiger partial charge in [-0.25, -0.2) is 0 Å². The van der Waals surface area contributed by atoms with Crippen molar-refractivity contribution in [2.24, 2.45) is 11.7 Å². The predicted octanol–water partition coefficient (Wildman–Crippen LogP) is 7.65. The fourth-order valence-corrected chi connectivity index (χ4v) is 5.23. The van der Waals surface area contributed by atoms with Gasteiger partial charge in [0.15, 0.2) is 0 Å². The van der Waals surface area contributed by atoms with Gasteiger partial charge < -0.3 is 17.6 Å². The lowest BCUT2D eigenvalue weighted by Crippen LogP contribution is -2.51. The standard InChI is InChI=1S/C26H28N2O.3C2H6.CH3/c1-28(19-21-11-5-2-6-12-21)18-17-24(20-28)26(25(27)29,22-13-7-3-8-14-22)23-15-9-4-10-16-23;3*1-2;/h2-16,24H,17-20H2,1H3,(H-,27,29);3*1-2H3;1H3/q;;;;-1/p+1. The van der Waals surface area contributed by atoms with Crippen molar-refractivity contribution in [2.75, 3.05) is 20.1 Å². The summed E-state index contributed by atoms with van der Waals surface area (Å²) in [6.45, 7) is 14.9. The maximum Gasteiger partial charge on any atom is 0.233 e. The smallest absolute Gasteiger partial charge is 0.233 e. The van der Waals surface area contributed by atoms with Crippen molar-refractivity contribution in [1.82, 2.24) is 0 Å². The fourth-order valence-electron chi connectivity index (χ4n) is 5.23. The minimum Gasteiger partial charge on any atom is -0.369 e. The van der Waals surface area contributed by atoms with Crippen molar-refractivity contribution in [3.63, 3.8) is 0 Å². The number of quaternary nitrogens is 1. The summed E-state index contributed by atoms with van der Waals surface area (Å²) in [6.07, 6.45) is 0.968. The van der Waals surface area contributed by atoms with Gasteiger partial charge >= 0.3 is 0 Å². The number of likely N-dealkylation sites (tertiary alicyclic amines) is 1. The molecule has 1 fully saturated rings. The van der Waals surface area contributed by atoms with E-state index in [2.05, 4.69) is 61.6 Å². The number of nitrogens with zero attached hydrogens (tertiary/aromatic N) is 1. The van der Waals surface area contributed by atoms with Gasteiger partial charge in [-0.3, -0.25) is 4.79 Å². The first-order valence-corrected chi connectivity index (χ1v) is 13.3. The Morgan fingerprint density at radius 1 is 0.778 bits per heavy atom. The predicted molar refractivity (Wildman–Crippen MR) is 157 cm³/mol. The number of benzene rings is 3. The second-order valence-electron chi connectivity index (χ2n) is 8.56. The van der Waals surface area contributed by atoms with Crippen LogP contribution in [-0.2, 0) is 16.8 Å². The molecule has 1 aliphatic heterocycles. The molecule has 3 aromatic carbocycles. The second-order valence-corrected chi connectivity index (χ2v) is 8.56. The molecule has 2 atom stereocenters. The summed E-state index contributed by atoms with van der Waals surface area (Å²) in [5.41, 5.74) is 8.73. The van der Waals surface area contributed by atoms with Gasteiger partial charge in [-0.2, -0.15) is 0 Å². The third kappa shape index (κ3) is 7.54. The molecule has 0 aliphatic carbocycles. The van der Waals surface area contributed by atoms with E-state index in [0.717, 1.165) is 41.7 Å².